The van der Waals surface area contributed by atoms with Crippen molar-refractivity contribution in [2.45, 2.75) is 45.1 Å². The van der Waals surface area contributed by atoms with Crippen LogP contribution in [0.5, 0.6) is 0 Å². The molecule has 2 aliphatic rings. The maximum Gasteiger partial charge on any atom is 0.490 e. The monoisotopic (exact) mass is 406 g/mol. The van der Waals surface area contributed by atoms with Crippen molar-refractivity contribution in [3.63, 3.8) is 0 Å². The number of fused-ring (bicyclic) bond motifs is 1. The molecule has 8 nitrogen and oxygen atoms in total. The molecule has 0 bridgehead atoms. The normalized spacial score (nSPS) is 17.5. The van der Waals surface area contributed by atoms with E-state index in [0.29, 0.717) is 6.54 Å². The van der Waals surface area contributed by atoms with Gasteiger partial charge in [-0.15, -0.1) is 0 Å². The Labute approximate surface area is 160 Å². The number of aromatic nitrogens is 2. The van der Waals surface area contributed by atoms with E-state index >= 15 is 0 Å². The van der Waals surface area contributed by atoms with Crippen LogP contribution in [0.3, 0.4) is 0 Å². The van der Waals surface area contributed by atoms with Crippen LogP contribution in [0.4, 0.5) is 13.2 Å². The fourth-order valence-electron chi connectivity index (χ4n) is 3.16. The number of hydrogen-bond donors (Lipinski definition) is 1. The number of aliphatic carboxylic acids is 1. The fourth-order valence-corrected chi connectivity index (χ4v) is 3.16. The zero-order chi connectivity index (χ0) is 20.7. The number of carbonyl (C=O) groups excluding carboxylic acids is 1. The van der Waals surface area contributed by atoms with Gasteiger partial charge < -0.3 is 19.3 Å². The molecule has 1 saturated heterocycles. The Kier molecular flexibility index (Phi) is 7.81. The number of methoxy groups -OCH3 is 1. The van der Waals surface area contributed by atoms with Gasteiger partial charge in [0.2, 0.25) is 5.91 Å². The number of carbonyl (C=O) groups is 2. The Morgan fingerprint density at radius 3 is 2.39 bits per heavy atom. The Bertz CT molecular complexity index is 672. The summed E-state index contributed by atoms with van der Waals surface area (Å²) in [5.74, 6) is -1.71. The highest BCUT2D eigenvalue weighted by Gasteiger charge is 2.38. The van der Waals surface area contributed by atoms with Crippen molar-refractivity contribution in [1.29, 1.82) is 0 Å². The number of alkyl halides is 3. The van der Waals surface area contributed by atoms with Crippen molar-refractivity contribution in [3.05, 3.63) is 17.7 Å². The second-order valence-corrected chi connectivity index (χ2v) is 6.73. The van der Waals surface area contributed by atoms with Gasteiger partial charge in [0.15, 0.2) is 0 Å². The molecule has 3 rings (SSSR count). The van der Waals surface area contributed by atoms with E-state index in [1.165, 1.54) is 32.4 Å². The molecule has 3 heterocycles. The fraction of sp³-hybridized carbons (Fsp3) is 0.706. The van der Waals surface area contributed by atoms with Gasteiger partial charge in [-0.05, 0) is 25.9 Å². The molecule has 0 unspecified atom stereocenters. The van der Waals surface area contributed by atoms with E-state index in [4.69, 9.17) is 19.6 Å². The number of rotatable bonds is 4. The van der Waals surface area contributed by atoms with Crippen molar-refractivity contribution < 1.29 is 32.6 Å². The van der Waals surface area contributed by atoms with Crippen LogP contribution in [-0.2, 0) is 34.0 Å². The van der Waals surface area contributed by atoms with Gasteiger partial charge in [-0.1, -0.05) is 6.42 Å². The quantitative estimate of drug-likeness (QED) is 0.815. The second-order valence-electron chi connectivity index (χ2n) is 6.73. The summed E-state index contributed by atoms with van der Waals surface area (Å²) in [6.45, 7) is 5.63. The number of likely N-dealkylation sites (tertiary alicyclic amines) is 1. The minimum atomic E-state index is -5.08. The van der Waals surface area contributed by atoms with Crippen LogP contribution >= 0.6 is 0 Å². The maximum atomic E-state index is 11.9. The third-order valence-corrected chi connectivity index (χ3v) is 4.55. The lowest BCUT2D eigenvalue weighted by Crippen LogP contribution is -2.40. The van der Waals surface area contributed by atoms with Crippen LogP contribution in [-0.4, -0.2) is 75.9 Å². The zero-order valence-electron chi connectivity index (χ0n) is 15.7. The Morgan fingerprint density at radius 2 is 1.82 bits per heavy atom. The molecular weight excluding hydrogens is 381 g/mol. The van der Waals surface area contributed by atoms with Crippen molar-refractivity contribution in [2.75, 3.05) is 33.4 Å². The van der Waals surface area contributed by atoms with Crippen molar-refractivity contribution >= 4 is 11.9 Å². The molecule has 1 fully saturated rings. The average molecular weight is 406 g/mol. The van der Waals surface area contributed by atoms with Gasteiger partial charge in [0.05, 0.1) is 12.2 Å². The summed E-state index contributed by atoms with van der Waals surface area (Å²) in [6.07, 6.45) is 1.02. The molecule has 1 aromatic heterocycles. The summed E-state index contributed by atoms with van der Waals surface area (Å²) >= 11 is 0. The average Bonchev–Trinajstić information content (AvgIpc) is 3.03. The number of halogens is 3. The molecule has 2 aliphatic heterocycles. The van der Waals surface area contributed by atoms with Gasteiger partial charge in [-0.2, -0.15) is 13.2 Å². The first-order chi connectivity index (χ1) is 13.2. The highest BCUT2D eigenvalue weighted by atomic mass is 19.4. The number of piperidine rings is 1. The minimum absolute atomic E-state index is 0.0457. The number of hydrogen-bond acceptors (Lipinski definition) is 5. The molecule has 0 spiro atoms. The molecule has 0 aliphatic carbocycles. The standard InChI is InChI=1S/C15H24N4O2.C2HF3O2/c1-21-12-15(20)19-8-7-18-10-13(16-14(18)11-19)9-17-5-3-2-4-6-17;3-2(4,5)1(6)7/h10H,2-9,11-12H2,1H3;(H,6,7). The number of carboxylic acid groups (broad SMARTS) is 1. The van der Waals surface area contributed by atoms with Gasteiger partial charge in [0.25, 0.3) is 0 Å². The summed E-state index contributed by atoms with van der Waals surface area (Å²) in [7, 11) is 1.56. The summed E-state index contributed by atoms with van der Waals surface area (Å²) < 4.78 is 38.9. The van der Waals surface area contributed by atoms with E-state index in [1.54, 1.807) is 7.11 Å². The number of imidazole rings is 1. The van der Waals surface area contributed by atoms with Gasteiger partial charge in [0, 0.05) is 32.9 Å². The Morgan fingerprint density at radius 1 is 1.18 bits per heavy atom. The number of amides is 1. The van der Waals surface area contributed by atoms with E-state index in [-0.39, 0.29) is 12.5 Å². The molecule has 0 radical (unpaired) electrons. The number of nitrogens with zero attached hydrogens (tertiary/aromatic N) is 4. The summed E-state index contributed by atoms with van der Waals surface area (Å²) in [5.41, 5.74) is 1.13. The molecule has 1 aromatic rings. The van der Waals surface area contributed by atoms with Gasteiger partial charge in [0.1, 0.15) is 12.4 Å². The van der Waals surface area contributed by atoms with E-state index < -0.39 is 12.1 Å². The highest BCUT2D eigenvalue weighted by molar-refractivity contribution is 5.77. The number of ether oxygens (including phenoxy) is 1. The Balaban J connectivity index is 0.000000345. The topological polar surface area (TPSA) is 87.9 Å². The molecule has 1 amide bonds. The third-order valence-electron chi connectivity index (χ3n) is 4.55. The van der Waals surface area contributed by atoms with Crippen molar-refractivity contribution in [1.82, 2.24) is 19.4 Å². The van der Waals surface area contributed by atoms with Gasteiger partial charge >= 0.3 is 12.1 Å². The smallest absolute Gasteiger partial charge is 0.475 e. The van der Waals surface area contributed by atoms with Gasteiger partial charge in [-0.25, -0.2) is 9.78 Å². The lowest BCUT2D eigenvalue weighted by Gasteiger charge is -2.27. The maximum absolute atomic E-state index is 11.9. The van der Waals surface area contributed by atoms with Crippen LogP contribution < -0.4 is 0 Å². The van der Waals surface area contributed by atoms with Crippen LogP contribution in [0.1, 0.15) is 30.8 Å². The summed E-state index contributed by atoms with van der Waals surface area (Å²) in [6, 6.07) is 0. The molecule has 28 heavy (non-hydrogen) atoms. The predicted molar refractivity (Wildman–Crippen MR) is 92.3 cm³/mol. The first kappa shape index (κ1) is 22.2. The Hall–Kier alpha value is -2.14. The summed E-state index contributed by atoms with van der Waals surface area (Å²) in [5, 5.41) is 7.12. The highest BCUT2D eigenvalue weighted by Crippen LogP contribution is 2.16. The first-order valence-corrected chi connectivity index (χ1v) is 9.05. The minimum Gasteiger partial charge on any atom is -0.475 e. The molecule has 158 valence electrons. The van der Waals surface area contributed by atoms with E-state index in [2.05, 4.69) is 15.7 Å². The SMILES string of the molecule is COCC(=O)N1CCn2cc(CN3CCCCC3)nc2C1.O=C(O)C(F)(F)F. The molecule has 1 N–H and O–H groups in total. The van der Waals surface area contributed by atoms with Crippen LogP contribution in [0.2, 0.25) is 0 Å². The largest absolute Gasteiger partial charge is 0.490 e. The molecule has 11 heteroatoms. The number of carboxylic acids is 1. The summed E-state index contributed by atoms with van der Waals surface area (Å²) in [4.78, 5) is 29.8. The van der Waals surface area contributed by atoms with E-state index in [9.17, 15) is 18.0 Å². The lowest BCUT2D eigenvalue weighted by atomic mass is 10.1. The molecular formula is C17H25F3N4O4. The van der Waals surface area contributed by atoms with Crippen molar-refractivity contribution in [3.8, 4) is 0 Å². The zero-order valence-corrected chi connectivity index (χ0v) is 15.7. The lowest BCUT2D eigenvalue weighted by molar-refractivity contribution is -0.192. The van der Waals surface area contributed by atoms with Gasteiger partial charge in [-0.3, -0.25) is 9.69 Å². The third kappa shape index (κ3) is 6.48. The van der Waals surface area contributed by atoms with Crippen LogP contribution in [0, 0.1) is 0 Å². The molecule has 0 saturated carbocycles. The second kappa shape index (κ2) is 9.87. The van der Waals surface area contributed by atoms with E-state index in [1.807, 2.05) is 4.90 Å². The van der Waals surface area contributed by atoms with Crippen molar-refractivity contribution in [2.24, 2.45) is 0 Å². The van der Waals surface area contributed by atoms with E-state index in [0.717, 1.165) is 31.2 Å². The van der Waals surface area contributed by atoms with Crippen LogP contribution in [0.25, 0.3) is 0 Å². The molecule has 0 aromatic carbocycles. The molecule has 0 atom stereocenters. The van der Waals surface area contributed by atoms with Crippen LogP contribution in [0.15, 0.2) is 6.20 Å². The first-order valence-electron chi connectivity index (χ1n) is 9.05. The predicted octanol–water partition coefficient (Wildman–Crippen LogP) is 1.49.